The fraction of sp³-hybridized carbons (Fsp3) is 0.273. The molecule has 1 N–H and O–H groups in total. The molecule has 0 fully saturated rings. The number of nitrogens with one attached hydrogen (secondary N) is 1. The Labute approximate surface area is 74.1 Å². The van der Waals surface area contributed by atoms with Gasteiger partial charge < -0.3 is 5.32 Å². The molecule has 0 aromatic heterocycles. The van der Waals surface area contributed by atoms with Crippen LogP contribution in [0.25, 0.3) is 5.70 Å². The first-order chi connectivity index (χ1) is 5.79. The van der Waals surface area contributed by atoms with Gasteiger partial charge in [0.2, 0.25) is 0 Å². The van der Waals surface area contributed by atoms with E-state index in [0.29, 0.717) is 0 Å². The Balaban J connectivity index is 3.04. The zero-order valence-electron chi connectivity index (χ0n) is 7.72. The smallest absolute Gasteiger partial charge is 0.0340 e. The van der Waals surface area contributed by atoms with Crippen molar-refractivity contribution in [2.24, 2.45) is 0 Å². The summed E-state index contributed by atoms with van der Waals surface area (Å²) in [6.45, 7) is 6.10. The van der Waals surface area contributed by atoms with Gasteiger partial charge in [0.05, 0.1) is 0 Å². The van der Waals surface area contributed by atoms with E-state index in [1.807, 2.05) is 13.1 Å². The molecule has 0 unspecified atom stereocenters. The summed E-state index contributed by atoms with van der Waals surface area (Å²) in [5, 5.41) is 3.06. The molecule has 0 spiro atoms. The first kappa shape index (κ1) is 8.85. The Morgan fingerprint density at radius 1 is 1.42 bits per heavy atom. The van der Waals surface area contributed by atoms with Crippen LogP contribution in [0, 0.1) is 0 Å². The second-order valence-corrected chi connectivity index (χ2v) is 2.74. The van der Waals surface area contributed by atoms with Crippen molar-refractivity contribution in [2.75, 3.05) is 7.05 Å². The lowest BCUT2D eigenvalue weighted by molar-refractivity contribution is 1.08. The summed E-state index contributed by atoms with van der Waals surface area (Å²) in [7, 11) is 1.90. The van der Waals surface area contributed by atoms with Gasteiger partial charge in [-0.05, 0) is 12.0 Å². The Morgan fingerprint density at radius 3 is 2.67 bits per heavy atom. The van der Waals surface area contributed by atoms with Gasteiger partial charge in [0.15, 0.2) is 0 Å². The molecule has 0 saturated heterocycles. The second-order valence-electron chi connectivity index (χ2n) is 2.74. The van der Waals surface area contributed by atoms with Crippen molar-refractivity contribution in [3.8, 4) is 0 Å². The minimum Gasteiger partial charge on any atom is -0.388 e. The quantitative estimate of drug-likeness (QED) is 0.718. The van der Waals surface area contributed by atoms with Crippen LogP contribution in [0.3, 0.4) is 0 Å². The zero-order valence-corrected chi connectivity index (χ0v) is 7.72. The summed E-state index contributed by atoms with van der Waals surface area (Å²) in [6.07, 6.45) is 1.05. The van der Waals surface area contributed by atoms with Gasteiger partial charge in [0, 0.05) is 18.3 Å². The molecule has 64 valence electrons. The molecule has 0 amide bonds. The number of benzene rings is 1. The van der Waals surface area contributed by atoms with Crippen LogP contribution in [0.1, 0.15) is 18.1 Å². The predicted molar refractivity (Wildman–Crippen MR) is 53.9 cm³/mol. The fourth-order valence-electron chi connectivity index (χ4n) is 1.26. The van der Waals surface area contributed by atoms with Crippen LogP contribution in [-0.2, 0) is 6.42 Å². The van der Waals surface area contributed by atoms with Gasteiger partial charge in [-0.25, -0.2) is 0 Å². The lowest BCUT2D eigenvalue weighted by Gasteiger charge is -2.09. The molecule has 0 saturated carbocycles. The topological polar surface area (TPSA) is 12.0 Å². The van der Waals surface area contributed by atoms with E-state index < -0.39 is 0 Å². The maximum absolute atomic E-state index is 3.94. The van der Waals surface area contributed by atoms with Crippen molar-refractivity contribution in [3.05, 3.63) is 42.0 Å². The highest BCUT2D eigenvalue weighted by Gasteiger charge is 2.00. The number of hydrogen-bond acceptors (Lipinski definition) is 1. The molecule has 1 aromatic carbocycles. The molecule has 0 atom stereocenters. The average Bonchev–Trinajstić information content (AvgIpc) is 2.16. The summed E-state index contributed by atoms with van der Waals surface area (Å²) >= 11 is 0. The Bertz CT molecular complexity index is 276. The molecular formula is C11H15N. The Kier molecular flexibility index (Phi) is 2.92. The molecule has 1 nitrogen and oxygen atoms in total. The van der Waals surface area contributed by atoms with Gasteiger partial charge in [0.25, 0.3) is 0 Å². The SMILES string of the molecule is C=C(NC)c1ccccc1CC. The van der Waals surface area contributed by atoms with Gasteiger partial charge in [-0.1, -0.05) is 37.8 Å². The van der Waals surface area contributed by atoms with Crippen LogP contribution in [0.2, 0.25) is 0 Å². The molecule has 0 aliphatic heterocycles. The second kappa shape index (κ2) is 3.96. The maximum atomic E-state index is 3.94. The molecule has 0 aliphatic rings. The van der Waals surface area contributed by atoms with E-state index in [1.165, 1.54) is 11.1 Å². The first-order valence-electron chi connectivity index (χ1n) is 4.24. The highest BCUT2D eigenvalue weighted by atomic mass is 14.8. The third kappa shape index (κ3) is 1.67. The van der Waals surface area contributed by atoms with E-state index in [1.54, 1.807) is 0 Å². The minimum absolute atomic E-state index is 0.993. The molecule has 12 heavy (non-hydrogen) atoms. The molecular weight excluding hydrogens is 146 g/mol. The lowest BCUT2D eigenvalue weighted by atomic mass is 10.0. The third-order valence-corrected chi connectivity index (χ3v) is 2.03. The van der Waals surface area contributed by atoms with Crippen LogP contribution in [0.5, 0.6) is 0 Å². The van der Waals surface area contributed by atoms with Crippen molar-refractivity contribution >= 4 is 5.70 Å². The third-order valence-electron chi connectivity index (χ3n) is 2.03. The zero-order chi connectivity index (χ0) is 8.97. The monoisotopic (exact) mass is 161 g/mol. The molecule has 0 radical (unpaired) electrons. The molecule has 0 heterocycles. The van der Waals surface area contributed by atoms with E-state index in [2.05, 4.69) is 37.0 Å². The van der Waals surface area contributed by atoms with E-state index >= 15 is 0 Å². The predicted octanol–water partition coefficient (Wildman–Crippen LogP) is 2.44. The molecule has 0 aliphatic carbocycles. The van der Waals surface area contributed by atoms with E-state index in [4.69, 9.17) is 0 Å². The van der Waals surface area contributed by atoms with Crippen molar-refractivity contribution in [2.45, 2.75) is 13.3 Å². The van der Waals surface area contributed by atoms with Crippen LogP contribution in [-0.4, -0.2) is 7.05 Å². The molecule has 1 heteroatoms. The standard InChI is InChI=1S/C11H15N/c1-4-10-7-5-6-8-11(10)9(2)12-3/h5-8,12H,2,4H2,1,3H3. The van der Waals surface area contributed by atoms with E-state index in [0.717, 1.165) is 12.1 Å². The van der Waals surface area contributed by atoms with Crippen molar-refractivity contribution in [1.82, 2.24) is 5.32 Å². The average molecular weight is 161 g/mol. The summed E-state index contributed by atoms with van der Waals surface area (Å²) < 4.78 is 0. The van der Waals surface area contributed by atoms with E-state index in [-0.39, 0.29) is 0 Å². The van der Waals surface area contributed by atoms with Crippen LogP contribution < -0.4 is 5.32 Å². The fourth-order valence-corrected chi connectivity index (χ4v) is 1.26. The Morgan fingerprint density at radius 2 is 2.08 bits per heavy atom. The first-order valence-corrected chi connectivity index (χ1v) is 4.24. The van der Waals surface area contributed by atoms with Gasteiger partial charge in [-0.2, -0.15) is 0 Å². The summed E-state index contributed by atoms with van der Waals surface area (Å²) in [5.41, 5.74) is 3.56. The highest BCUT2D eigenvalue weighted by molar-refractivity contribution is 5.64. The number of aryl methyl sites for hydroxylation is 1. The molecule has 1 rings (SSSR count). The largest absolute Gasteiger partial charge is 0.388 e. The van der Waals surface area contributed by atoms with Crippen molar-refractivity contribution in [1.29, 1.82) is 0 Å². The summed E-state index contributed by atoms with van der Waals surface area (Å²) in [5.74, 6) is 0. The van der Waals surface area contributed by atoms with E-state index in [9.17, 15) is 0 Å². The van der Waals surface area contributed by atoms with Gasteiger partial charge in [-0.3, -0.25) is 0 Å². The lowest BCUT2D eigenvalue weighted by Crippen LogP contribution is -2.05. The van der Waals surface area contributed by atoms with Crippen molar-refractivity contribution < 1.29 is 0 Å². The molecule has 1 aromatic rings. The Hall–Kier alpha value is -1.24. The maximum Gasteiger partial charge on any atom is 0.0340 e. The van der Waals surface area contributed by atoms with Crippen LogP contribution in [0.4, 0.5) is 0 Å². The summed E-state index contributed by atoms with van der Waals surface area (Å²) in [4.78, 5) is 0. The van der Waals surface area contributed by atoms with Gasteiger partial charge >= 0.3 is 0 Å². The van der Waals surface area contributed by atoms with Crippen LogP contribution in [0.15, 0.2) is 30.8 Å². The summed E-state index contributed by atoms with van der Waals surface area (Å²) in [6, 6.07) is 8.33. The van der Waals surface area contributed by atoms with Gasteiger partial charge in [-0.15, -0.1) is 0 Å². The minimum atomic E-state index is 0.993. The molecule has 0 bridgehead atoms. The van der Waals surface area contributed by atoms with Gasteiger partial charge in [0.1, 0.15) is 0 Å². The van der Waals surface area contributed by atoms with Crippen LogP contribution >= 0.6 is 0 Å². The highest BCUT2D eigenvalue weighted by Crippen LogP contribution is 2.15. The van der Waals surface area contributed by atoms with Crippen molar-refractivity contribution in [3.63, 3.8) is 0 Å². The number of hydrogen-bond donors (Lipinski definition) is 1. The number of rotatable bonds is 3. The normalized spacial score (nSPS) is 9.50.